The quantitative estimate of drug-likeness (QED) is 0.745. The van der Waals surface area contributed by atoms with E-state index in [1.165, 1.54) is 13.2 Å². The Labute approximate surface area is 118 Å². The van der Waals surface area contributed by atoms with E-state index in [0.717, 1.165) is 4.57 Å². The van der Waals surface area contributed by atoms with Gasteiger partial charge in [-0.25, -0.2) is 9.36 Å². The van der Waals surface area contributed by atoms with Crippen molar-refractivity contribution in [2.75, 3.05) is 7.11 Å². The monoisotopic (exact) mass is 284 g/mol. The SMILES string of the molecule is COc1ccc(-n2c(=O)[nH]c3c(O)cccc3c2=O)cc1. The van der Waals surface area contributed by atoms with Gasteiger partial charge in [0.2, 0.25) is 0 Å². The molecule has 0 aliphatic carbocycles. The number of hydrogen-bond acceptors (Lipinski definition) is 4. The number of aromatic hydroxyl groups is 1. The van der Waals surface area contributed by atoms with Gasteiger partial charge in [0.05, 0.1) is 23.7 Å². The average molecular weight is 284 g/mol. The summed E-state index contributed by atoms with van der Waals surface area (Å²) in [5.74, 6) is 0.491. The Morgan fingerprint density at radius 1 is 1.10 bits per heavy atom. The van der Waals surface area contributed by atoms with E-state index in [0.29, 0.717) is 11.4 Å². The van der Waals surface area contributed by atoms with Crippen LogP contribution in [0.3, 0.4) is 0 Å². The summed E-state index contributed by atoms with van der Waals surface area (Å²) in [6, 6.07) is 11.1. The maximum atomic E-state index is 12.5. The summed E-state index contributed by atoms with van der Waals surface area (Å²) in [6.07, 6.45) is 0. The van der Waals surface area contributed by atoms with Crippen molar-refractivity contribution in [1.29, 1.82) is 0 Å². The Morgan fingerprint density at radius 2 is 1.81 bits per heavy atom. The number of phenolic OH excluding ortho intramolecular Hbond substituents is 1. The van der Waals surface area contributed by atoms with Gasteiger partial charge in [-0.1, -0.05) is 6.07 Å². The van der Waals surface area contributed by atoms with Crippen molar-refractivity contribution in [2.24, 2.45) is 0 Å². The van der Waals surface area contributed by atoms with Crippen LogP contribution in [-0.2, 0) is 0 Å². The highest BCUT2D eigenvalue weighted by atomic mass is 16.5. The number of hydrogen-bond donors (Lipinski definition) is 2. The molecule has 1 aromatic heterocycles. The number of H-pyrrole nitrogens is 1. The van der Waals surface area contributed by atoms with Crippen molar-refractivity contribution in [3.05, 3.63) is 63.3 Å². The highest BCUT2D eigenvalue weighted by molar-refractivity contribution is 5.83. The first-order chi connectivity index (χ1) is 10.1. The largest absolute Gasteiger partial charge is 0.506 e. The van der Waals surface area contributed by atoms with Gasteiger partial charge in [0, 0.05) is 0 Å². The Morgan fingerprint density at radius 3 is 2.48 bits per heavy atom. The van der Waals surface area contributed by atoms with E-state index in [4.69, 9.17) is 4.74 Å². The van der Waals surface area contributed by atoms with Crippen molar-refractivity contribution in [1.82, 2.24) is 9.55 Å². The molecule has 1 heterocycles. The number of benzene rings is 2. The highest BCUT2D eigenvalue weighted by Crippen LogP contribution is 2.18. The van der Waals surface area contributed by atoms with E-state index in [2.05, 4.69) is 4.98 Å². The third kappa shape index (κ3) is 2.06. The number of ether oxygens (including phenoxy) is 1. The van der Waals surface area contributed by atoms with Gasteiger partial charge >= 0.3 is 5.69 Å². The normalized spacial score (nSPS) is 10.7. The smallest absolute Gasteiger partial charge is 0.333 e. The number of nitrogens with one attached hydrogen (secondary N) is 1. The number of aromatic amines is 1. The first-order valence-corrected chi connectivity index (χ1v) is 6.23. The first kappa shape index (κ1) is 13.0. The second-order valence-corrected chi connectivity index (χ2v) is 4.47. The standard InChI is InChI=1S/C15H12N2O4/c1-21-10-7-5-9(6-8-10)17-14(19)11-3-2-4-12(18)13(11)16-15(17)20/h2-8,18H,1H3,(H,16,20). The van der Waals surface area contributed by atoms with Gasteiger partial charge < -0.3 is 14.8 Å². The van der Waals surface area contributed by atoms with Crippen molar-refractivity contribution in [2.45, 2.75) is 0 Å². The van der Waals surface area contributed by atoms with Crippen molar-refractivity contribution in [3.63, 3.8) is 0 Å². The third-order valence-electron chi connectivity index (χ3n) is 3.24. The van der Waals surface area contributed by atoms with Crippen molar-refractivity contribution >= 4 is 10.9 Å². The topological polar surface area (TPSA) is 84.3 Å². The minimum atomic E-state index is -0.612. The van der Waals surface area contributed by atoms with E-state index in [-0.39, 0.29) is 16.7 Å². The lowest BCUT2D eigenvalue weighted by Crippen LogP contribution is -2.33. The molecule has 0 amide bonds. The molecule has 21 heavy (non-hydrogen) atoms. The Bertz CT molecular complexity index is 923. The fraction of sp³-hybridized carbons (Fsp3) is 0.0667. The van der Waals surface area contributed by atoms with Gasteiger partial charge in [0.25, 0.3) is 5.56 Å². The summed E-state index contributed by atoms with van der Waals surface area (Å²) in [6.45, 7) is 0. The van der Waals surface area contributed by atoms with Crippen LogP contribution in [0, 0.1) is 0 Å². The third-order valence-corrected chi connectivity index (χ3v) is 3.24. The predicted molar refractivity (Wildman–Crippen MR) is 78.4 cm³/mol. The van der Waals surface area contributed by atoms with Gasteiger partial charge in [0.15, 0.2) is 0 Å². The molecule has 0 spiro atoms. The lowest BCUT2D eigenvalue weighted by molar-refractivity contribution is 0.414. The van der Waals surface area contributed by atoms with Crippen LogP contribution in [0.4, 0.5) is 0 Å². The highest BCUT2D eigenvalue weighted by Gasteiger charge is 2.11. The fourth-order valence-corrected chi connectivity index (χ4v) is 2.19. The molecule has 6 nitrogen and oxygen atoms in total. The number of nitrogens with zero attached hydrogens (tertiary/aromatic N) is 1. The molecule has 3 aromatic rings. The second-order valence-electron chi connectivity index (χ2n) is 4.47. The van der Waals surface area contributed by atoms with Crippen LogP contribution in [0.15, 0.2) is 52.1 Å². The van der Waals surface area contributed by atoms with E-state index in [1.807, 2.05) is 0 Å². The van der Waals surface area contributed by atoms with Gasteiger partial charge in [-0.05, 0) is 36.4 Å². The van der Waals surface area contributed by atoms with E-state index < -0.39 is 11.2 Å². The number of phenols is 1. The lowest BCUT2D eigenvalue weighted by Gasteiger charge is -2.08. The molecule has 0 unspecified atom stereocenters. The molecule has 0 fully saturated rings. The lowest BCUT2D eigenvalue weighted by atomic mass is 10.2. The average Bonchev–Trinajstić information content (AvgIpc) is 2.49. The summed E-state index contributed by atoms with van der Waals surface area (Å²) >= 11 is 0. The minimum Gasteiger partial charge on any atom is -0.506 e. The molecule has 0 bridgehead atoms. The van der Waals surface area contributed by atoms with Crippen LogP contribution in [0.25, 0.3) is 16.6 Å². The molecule has 0 atom stereocenters. The van der Waals surface area contributed by atoms with Crippen LogP contribution >= 0.6 is 0 Å². The second kappa shape index (κ2) is 4.82. The molecule has 2 aromatic carbocycles. The summed E-state index contributed by atoms with van der Waals surface area (Å²) in [7, 11) is 1.53. The molecule has 0 saturated carbocycles. The zero-order valence-corrected chi connectivity index (χ0v) is 11.2. The first-order valence-electron chi connectivity index (χ1n) is 6.23. The predicted octanol–water partition coefficient (Wildman–Crippen LogP) is 1.39. The van der Waals surface area contributed by atoms with Crippen LogP contribution in [-0.4, -0.2) is 21.8 Å². The number of para-hydroxylation sites is 1. The Kier molecular flexibility index (Phi) is 2.98. The summed E-state index contributed by atoms with van der Waals surface area (Å²) in [5.41, 5.74) is -0.543. The van der Waals surface area contributed by atoms with Crippen LogP contribution in [0.1, 0.15) is 0 Å². The summed E-state index contributed by atoms with van der Waals surface area (Å²) in [4.78, 5) is 27.1. The fourth-order valence-electron chi connectivity index (χ4n) is 2.19. The van der Waals surface area contributed by atoms with E-state index >= 15 is 0 Å². The maximum absolute atomic E-state index is 12.5. The molecule has 0 aliphatic rings. The molecule has 106 valence electrons. The van der Waals surface area contributed by atoms with Crippen LogP contribution < -0.4 is 16.0 Å². The van der Waals surface area contributed by atoms with E-state index in [1.54, 1.807) is 36.4 Å². The molecule has 3 rings (SSSR count). The molecule has 0 saturated heterocycles. The summed E-state index contributed by atoms with van der Waals surface area (Å²) in [5, 5.41) is 9.96. The number of methoxy groups -OCH3 is 1. The minimum absolute atomic E-state index is 0.136. The van der Waals surface area contributed by atoms with Gasteiger partial charge in [-0.15, -0.1) is 0 Å². The molecule has 6 heteroatoms. The molecular formula is C15H12N2O4. The molecule has 0 radical (unpaired) electrons. The maximum Gasteiger partial charge on any atom is 0.333 e. The molecular weight excluding hydrogens is 272 g/mol. The number of aromatic nitrogens is 2. The zero-order valence-electron chi connectivity index (χ0n) is 11.2. The zero-order chi connectivity index (χ0) is 15.0. The van der Waals surface area contributed by atoms with Crippen LogP contribution in [0.5, 0.6) is 11.5 Å². The van der Waals surface area contributed by atoms with Gasteiger partial charge in [-0.3, -0.25) is 4.79 Å². The number of fused-ring (bicyclic) bond motifs is 1. The summed E-state index contributed by atoms with van der Waals surface area (Å²) < 4.78 is 6.06. The van der Waals surface area contributed by atoms with Gasteiger partial charge in [0.1, 0.15) is 11.5 Å². The van der Waals surface area contributed by atoms with Crippen molar-refractivity contribution < 1.29 is 9.84 Å². The molecule has 2 N–H and O–H groups in total. The number of rotatable bonds is 2. The van der Waals surface area contributed by atoms with E-state index in [9.17, 15) is 14.7 Å². The van der Waals surface area contributed by atoms with Gasteiger partial charge in [-0.2, -0.15) is 0 Å². The molecule has 0 aliphatic heterocycles. The Hall–Kier alpha value is -3.02. The van der Waals surface area contributed by atoms with Crippen molar-refractivity contribution in [3.8, 4) is 17.2 Å². The van der Waals surface area contributed by atoms with Crippen LogP contribution in [0.2, 0.25) is 0 Å². The Balaban J connectivity index is 2.32.